The van der Waals surface area contributed by atoms with Gasteiger partial charge in [0, 0.05) is 40.5 Å². The van der Waals surface area contributed by atoms with Crippen LogP contribution in [0.15, 0.2) is 4.99 Å². The number of nitrogens with zero attached hydrogens (tertiary/aromatic N) is 4. The van der Waals surface area contributed by atoms with Crippen molar-refractivity contribution in [3.05, 3.63) is 11.6 Å². The number of rotatable bonds is 12. The van der Waals surface area contributed by atoms with Gasteiger partial charge in [-0.05, 0) is 38.0 Å². The molecule has 0 saturated heterocycles. The molecule has 3 N–H and O–H groups in total. The molecule has 9 heteroatoms. The smallest absolute Gasteiger partial charge is 0.191 e. The Labute approximate surface area is 180 Å². The highest BCUT2D eigenvalue weighted by molar-refractivity contribution is 14.0. The van der Waals surface area contributed by atoms with E-state index >= 15 is 0 Å². The molecule has 158 valence electrons. The third-order valence-corrected chi connectivity index (χ3v) is 4.28. The van der Waals surface area contributed by atoms with Crippen LogP contribution >= 0.6 is 24.0 Å². The summed E-state index contributed by atoms with van der Waals surface area (Å²) in [6.07, 6.45) is 2.78. The maximum absolute atomic E-state index is 9.29. The summed E-state index contributed by atoms with van der Waals surface area (Å²) < 4.78 is 7.04. The number of guanidine groups is 1. The maximum atomic E-state index is 9.29. The van der Waals surface area contributed by atoms with Gasteiger partial charge in [0.25, 0.3) is 0 Å². The molecular weight excluding hydrogens is 459 g/mol. The van der Waals surface area contributed by atoms with Gasteiger partial charge < -0.3 is 25.0 Å². The Morgan fingerprint density at radius 2 is 2.04 bits per heavy atom. The monoisotopic (exact) mass is 496 g/mol. The summed E-state index contributed by atoms with van der Waals surface area (Å²) >= 11 is 0. The lowest BCUT2D eigenvalue weighted by molar-refractivity contribution is 0.195. The minimum atomic E-state index is 0. The van der Waals surface area contributed by atoms with E-state index in [9.17, 15) is 5.11 Å². The zero-order chi connectivity index (χ0) is 19.4. The lowest BCUT2D eigenvalue weighted by atomic mass is 9.94. The fourth-order valence-electron chi connectivity index (χ4n) is 2.73. The van der Waals surface area contributed by atoms with E-state index in [0.717, 1.165) is 50.0 Å². The zero-order valence-electron chi connectivity index (χ0n) is 17.4. The van der Waals surface area contributed by atoms with E-state index in [4.69, 9.17) is 4.74 Å². The Kier molecular flexibility index (Phi) is 14.5. The number of aliphatic imine (C=N–C) groups is 1. The molecule has 0 amide bonds. The highest BCUT2D eigenvalue weighted by atomic mass is 127. The van der Waals surface area contributed by atoms with Gasteiger partial charge in [-0.2, -0.15) is 0 Å². The van der Waals surface area contributed by atoms with Crippen LogP contribution in [0.2, 0.25) is 0 Å². The summed E-state index contributed by atoms with van der Waals surface area (Å²) in [6, 6.07) is 0. The third kappa shape index (κ3) is 10.8. The van der Waals surface area contributed by atoms with E-state index in [0.29, 0.717) is 25.0 Å². The predicted octanol–water partition coefficient (Wildman–Crippen LogP) is 1.86. The fraction of sp³-hybridized carbons (Fsp3) is 0.833. The Bertz CT molecular complexity index is 536. The highest BCUT2D eigenvalue weighted by Gasteiger charge is 2.12. The minimum Gasteiger partial charge on any atom is -0.396 e. The number of aliphatic hydroxyl groups is 1. The molecule has 8 nitrogen and oxygen atoms in total. The van der Waals surface area contributed by atoms with Crippen LogP contribution in [-0.4, -0.2) is 59.2 Å². The molecule has 27 heavy (non-hydrogen) atoms. The number of aliphatic hydroxyl groups excluding tert-OH is 1. The topological polar surface area (TPSA) is 96.6 Å². The summed E-state index contributed by atoms with van der Waals surface area (Å²) in [5.74, 6) is 3.48. The second kappa shape index (κ2) is 15.0. The molecule has 1 heterocycles. The van der Waals surface area contributed by atoms with E-state index in [1.165, 1.54) is 0 Å². The average molecular weight is 496 g/mol. The first-order chi connectivity index (χ1) is 12.5. The first kappa shape index (κ1) is 26.1. The third-order valence-electron chi connectivity index (χ3n) is 4.28. The molecule has 0 fully saturated rings. The Morgan fingerprint density at radius 1 is 1.30 bits per heavy atom. The zero-order valence-corrected chi connectivity index (χ0v) is 19.7. The maximum Gasteiger partial charge on any atom is 0.191 e. The van der Waals surface area contributed by atoms with E-state index in [-0.39, 0.29) is 30.6 Å². The molecule has 0 saturated carbocycles. The number of aryl methyl sites for hydroxylation is 1. The largest absolute Gasteiger partial charge is 0.396 e. The Morgan fingerprint density at radius 3 is 2.59 bits per heavy atom. The number of methoxy groups -OCH3 is 1. The number of nitrogens with one attached hydrogen (secondary N) is 2. The number of ether oxygens (including phenoxy) is 1. The van der Waals surface area contributed by atoms with E-state index in [1.807, 2.05) is 18.5 Å². The van der Waals surface area contributed by atoms with E-state index < -0.39 is 0 Å². The number of hydrogen-bond donors (Lipinski definition) is 3. The molecule has 1 rings (SSSR count). The van der Waals surface area contributed by atoms with Gasteiger partial charge in [0.05, 0.1) is 0 Å². The van der Waals surface area contributed by atoms with Crippen molar-refractivity contribution in [1.29, 1.82) is 0 Å². The summed E-state index contributed by atoms with van der Waals surface area (Å²) in [5.41, 5.74) is 0. The van der Waals surface area contributed by atoms with Crippen molar-refractivity contribution >= 4 is 29.9 Å². The predicted molar refractivity (Wildman–Crippen MR) is 119 cm³/mol. The quantitative estimate of drug-likeness (QED) is 0.177. The first-order valence-corrected chi connectivity index (χ1v) is 9.44. The van der Waals surface area contributed by atoms with Crippen molar-refractivity contribution in [3.63, 3.8) is 0 Å². The van der Waals surface area contributed by atoms with Crippen LogP contribution < -0.4 is 10.6 Å². The molecular formula is C18H37IN6O2. The molecule has 0 bridgehead atoms. The van der Waals surface area contributed by atoms with Crippen molar-refractivity contribution in [2.24, 2.45) is 23.9 Å². The van der Waals surface area contributed by atoms with Crippen LogP contribution in [0.5, 0.6) is 0 Å². The lowest BCUT2D eigenvalue weighted by Crippen LogP contribution is -2.41. The Hall–Kier alpha value is -0.940. The van der Waals surface area contributed by atoms with Crippen LogP contribution in [0, 0.1) is 18.8 Å². The van der Waals surface area contributed by atoms with Gasteiger partial charge in [0.2, 0.25) is 0 Å². The molecule has 0 spiro atoms. The van der Waals surface area contributed by atoms with Gasteiger partial charge in [-0.3, -0.25) is 0 Å². The SMILES string of the molecule is COCCCNC(=NCc1nnc(C)n1C)NCC(CCO)CC(C)C.I. The van der Waals surface area contributed by atoms with Crippen molar-refractivity contribution < 1.29 is 9.84 Å². The van der Waals surface area contributed by atoms with Crippen LogP contribution in [0.3, 0.4) is 0 Å². The van der Waals surface area contributed by atoms with Crippen LogP contribution in [0.1, 0.15) is 44.8 Å². The van der Waals surface area contributed by atoms with Crippen LogP contribution in [-0.2, 0) is 18.3 Å². The Balaban J connectivity index is 0.00000676. The standard InChI is InChI=1S/C18H36N6O2.HI/c1-14(2)11-16(7-9-25)12-20-18(19-8-6-10-26-5)21-13-17-23-22-15(3)24(17)4;/h14,16,25H,6-13H2,1-5H3,(H2,19,20,21);1H. The van der Waals surface area contributed by atoms with Crippen LogP contribution in [0.4, 0.5) is 0 Å². The van der Waals surface area contributed by atoms with Crippen molar-refractivity contribution in [2.75, 3.05) is 33.4 Å². The minimum absolute atomic E-state index is 0. The lowest BCUT2D eigenvalue weighted by Gasteiger charge is -2.20. The first-order valence-electron chi connectivity index (χ1n) is 9.44. The molecule has 1 atom stereocenters. The van der Waals surface area contributed by atoms with E-state index in [2.05, 4.69) is 39.7 Å². The summed E-state index contributed by atoms with van der Waals surface area (Å²) in [5, 5.41) is 24.3. The second-order valence-electron chi connectivity index (χ2n) is 7.05. The van der Waals surface area contributed by atoms with Gasteiger partial charge in [-0.25, -0.2) is 4.99 Å². The van der Waals surface area contributed by atoms with Gasteiger partial charge in [0.1, 0.15) is 12.4 Å². The van der Waals surface area contributed by atoms with Crippen molar-refractivity contribution in [1.82, 2.24) is 25.4 Å². The van der Waals surface area contributed by atoms with Crippen LogP contribution in [0.25, 0.3) is 0 Å². The number of aromatic nitrogens is 3. The molecule has 1 unspecified atom stereocenters. The molecule has 0 aliphatic heterocycles. The number of halogens is 1. The van der Waals surface area contributed by atoms with Gasteiger partial charge in [-0.15, -0.1) is 34.2 Å². The van der Waals surface area contributed by atoms with Gasteiger partial charge in [0.15, 0.2) is 11.8 Å². The average Bonchev–Trinajstić information content (AvgIpc) is 2.91. The van der Waals surface area contributed by atoms with Crippen molar-refractivity contribution in [3.8, 4) is 0 Å². The fourth-order valence-corrected chi connectivity index (χ4v) is 2.73. The summed E-state index contributed by atoms with van der Waals surface area (Å²) in [6.45, 7) is 9.30. The second-order valence-corrected chi connectivity index (χ2v) is 7.05. The van der Waals surface area contributed by atoms with Gasteiger partial charge in [-0.1, -0.05) is 13.8 Å². The molecule has 0 radical (unpaired) electrons. The molecule has 1 aromatic rings. The molecule has 0 aliphatic carbocycles. The normalized spacial score (nSPS) is 12.8. The van der Waals surface area contributed by atoms with E-state index in [1.54, 1.807) is 7.11 Å². The van der Waals surface area contributed by atoms with Crippen molar-refractivity contribution in [2.45, 2.75) is 46.6 Å². The summed E-state index contributed by atoms with van der Waals surface area (Å²) in [7, 11) is 3.65. The highest BCUT2D eigenvalue weighted by Crippen LogP contribution is 2.14. The molecule has 0 aromatic carbocycles. The summed E-state index contributed by atoms with van der Waals surface area (Å²) in [4.78, 5) is 4.64. The molecule has 1 aromatic heterocycles. The molecule has 0 aliphatic rings. The van der Waals surface area contributed by atoms with Gasteiger partial charge >= 0.3 is 0 Å². The number of hydrogen-bond acceptors (Lipinski definition) is 5.